The van der Waals surface area contributed by atoms with Gasteiger partial charge < -0.3 is 9.47 Å². The summed E-state index contributed by atoms with van der Waals surface area (Å²) in [7, 11) is 1.42. The summed E-state index contributed by atoms with van der Waals surface area (Å²) in [5, 5.41) is 0.952. The Labute approximate surface area is 169 Å². The molecule has 2 atom stereocenters. The predicted molar refractivity (Wildman–Crippen MR) is 109 cm³/mol. The second-order valence-corrected chi connectivity index (χ2v) is 7.48. The molecule has 0 spiro atoms. The van der Waals surface area contributed by atoms with Gasteiger partial charge in [0.15, 0.2) is 0 Å². The van der Waals surface area contributed by atoms with Crippen LogP contribution < -0.4 is 4.74 Å². The molecule has 0 aliphatic heterocycles. The third-order valence-electron chi connectivity index (χ3n) is 5.66. The first kappa shape index (κ1) is 19.4. The number of benzene rings is 2. The van der Waals surface area contributed by atoms with E-state index in [1.165, 1.54) is 7.11 Å². The van der Waals surface area contributed by atoms with Crippen LogP contribution in [-0.2, 0) is 9.53 Å². The van der Waals surface area contributed by atoms with Gasteiger partial charge in [0, 0.05) is 5.39 Å². The van der Waals surface area contributed by atoms with E-state index in [-0.39, 0.29) is 17.6 Å². The number of carbonyl (C=O) groups excluding carboxylic acids is 1. The molecule has 1 saturated carbocycles. The van der Waals surface area contributed by atoms with Crippen molar-refractivity contribution >= 4 is 16.9 Å². The summed E-state index contributed by atoms with van der Waals surface area (Å²) < 4.78 is 25.2. The van der Waals surface area contributed by atoms with E-state index in [1.807, 2.05) is 42.5 Å². The Morgan fingerprint density at radius 2 is 1.76 bits per heavy atom. The number of fused-ring (bicyclic) bond motifs is 1. The first-order valence-corrected chi connectivity index (χ1v) is 10.00. The zero-order chi connectivity index (χ0) is 20.2. The molecule has 2 aromatic carbocycles. The van der Waals surface area contributed by atoms with Gasteiger partial charge in [0.05, 0.1) is 18.5 Å². The predicted octanol–water partition coefficient (Wildman–Crippen LogP) is 5.73. The van der Waals surface area contributed by atoms with Gasteiger partial charge in [-0.25, -0.2) is 4.98 Å². The zero-order valence-electron chi connectivity index (χ0n) is 16.4. The number of para-hydroxylation sites is 1. The molecule has 3 aromatic rings. The lowest BCUT2D eigenvalue weighted by Gasteiger charge is -2.21. The van der Waals surface area contributed by atoms with Crippen molar-refractivity contribution in [3.8, 4) is 5.75 Å². The van der Waals surface area contributed by atoms with E-state index >= 15 is 0 Å². The Balaban J connectivity index is 1.49. The highest BCUT2D eigenvalue weighted by atomic mass is 19.1. The summed E-state index contributed by atoms with van der Waals surface area (Å²) in [6.45, 7) is 0. The minimum Gasteiger partial charge on any atom is -0.469 e. The molecule has 5 heteroatoms. The quantitative estimate of drug-likeness (QED) is 0.502. The molecule has 1 fully saturated rings. The van der Waals surface area contributed by atoms with Crippen molar-refractivity contribution in [2.75, 3.05) is 7.11 Å². The van der Waals surface area contributed by atoms with E-state index < -0.39 is 6.36 Å². The Bertz CT molecular complexity index is 983. The summed E-state index contributed by atoms with van der Waals surface area (Å²) in [5.41, 5.74) is 1.84. The highest BCUT2D eigenvalue weighted by Crippen LogP contribution is 2.38. The van der Waals surface area contributed by atoms with E-state index in [9.17, 15) is 9.18 Å². The second-order valence-electron chi connectivity index (χ2n) is 7.48. The Kier molecular flexibility index (Phi) is 5.74. The molecule has 0 radical (unpaired) electrons. The van der Waals surface area contributed by atoms with Crippen LogP contribution in [0.15, 0.2) is 60.7 Å². The van der Waals surface area contributed by atoms with Crippen molar-refractivity contribution < 1.29 is 18.7 Å². The molecule has 1 aromatic heterocycles. The summed E-state index contributed by atoms with van der Waals surface area (Å²) in [6.07, 6.45) is 2.66. The number of rotatable bonds is 6. The molecule has 29 heavy (non-hydrogen) atoms. The Morgan fingerprint density at radius 1 is 1.03 bits per heavy atom. The van der Waals surface area contributed by atoms with E-state index in [1.54, 1.807) is 18.2 Å². The first-order valence-electron chi connectivity index (χ1n) is 10.00. The fraction of sp³-hybridized carbons (Fsp3) is 0.333. The van der Waals surface area contributed by atoms with Gasteiger partial charge in [0.1, 0.15) is 11.4 Å². The van der Waals surface area contributed by atoms with Gasteiger partial charge in [0.25, 0.3) is 6.36 Å². The van der Waals surface area contributed by atoms with Crippen molar-refractivity contribution in [3.05, 3.63) is 71.9 Å². The molecular formula is C24H24FNO3. The number of aromatic nitrogens is 1. The Morgan fingerprint density at radius 3 is 2.48 bits per heavy atom. The van der Waals surface area contributed by atoms with Crippen molar-refractivity contribution in [2.24, 2.45) is 5.92 Å². The van der Waals surface area contributed by atoms with Crippen LogP contribution in [0.3, 0.4) is 0 Å². The second kappa shape index (κ2) is 8.60. The lowest BCUT2D eigenvalue weighted by atomic mass is 9.85. The van der Waals surface area contributed by atoms with Gasteiger partial charge >= 0.3 is 5.97 Å². The molecule has 4 nitrogen and oxygen atoms in total. The Hall–Kier alpha value is -2.95. The van der Waals surface area contributed by atoms with Crippen LogP contribution in [0, 0.1) is 5.92 Å². The van der Waals surface area contributed by atoms with Crippen LogP contribution in [0.4, 0.5) is 4.39 Å². The molecule has 4 rings (SSSR count). The monoisotopic (exact) mass is 393 g/mol. The standard InChI is InChI=1S/C24H24FNO3/c1-28-24(27)22(17-7-2-3-8-17)18-10-13-19(14-11-18)29-23(25)21-15-12-16-6-4-5-9-20(16)26-21/h4-6,9-15,17,22-23H,2-3,7-8H2,1H3. The number of carbonyl (C=O) groups is 1. The van der Waals surface area contributed by atoms with Crippen LogP contribution >= 0.6 is 0 Å². The third kappa shape index (κ3) is 4.24. The number of hydrogen-bond acceptors (Lipinski definition) is 4. The van der Waals surface area contributed by atoms with Crippen LogP contribution in [0.2, 0.25) is 0 Å². The maximum absolute atomic E-state index is 14.7. The van der Waals surface area contributed by atoms with Crippen LogP contribution in [-0.4, -0.2) is 18.1 Å². The maximum atomic E-state index is 14.7. The molecule has 150 valence electrons. The van der Waals surface area contributed by atoms with Gasteiger partial charge in [-0.1, -0.05) is 49.2 Å². The van der Waals surface area contributed by atoms with Crippen LogP contribution in [0.5, 0.6) is 5.75 Å². The maximum Gasteiger partial charge on any atom is 0.313 e. The molecule has 0 amide bonds. The summed E-state index contributed by atoms with van der Waals surface area (Å²) in [6, 6.07) is 18.1. The van der Waals surface area contributed by atoms with Gasteiger partial charge in [-0.15, -0.1) is 0 Å². The minimum absolute atomic E-state index is 0.214. The average molecular weight is 393 g/mol. The highest BCUT2D eigenvalue weighted by Gasteiger charge is 2.32. The molecule has 1 heterocycles. The number of esters is 1. The highest BCUT2D eigenvalue weighted by molar-refractivity contribution is 5.79. The molecule has 1 aliphatic rings. The minimum atomic E-state index is -1.67. The molecule has 0 saturated heterocycles. The molecule has 0 N–H and O–H groups in total. The van der Waals surface area contributed by atoms with Crippen LogP contribution in [0.25, 0.3) is 10.9 Å². The van der Waals surface area contributed by atoms with Gasteiger partial charge in [-0.05, 0) is 48.6 Å². The third-order valence-corrected chi connectivity index (χ3v) is 5.66. The van der Waals surface area contributed by atoms with Gasteiger partial charge in [-0.3, -0.25) is 4.79 Å². The number of halogens is 1. The topological polar surface area (TPSA) is 48.4 Å². The van der Waals surface area contributed by atoms with E-state index in [0.29, 0.717) is 11.7 Å². The van der Waals surface area contributed by atoms with E-state index in [4.69, 9.17) is 9.47 Å². The lowest BCUT2D eigenvalue weighted by molar-refractivity contribution is -0.143. The summed E-state index contributed by atoms with van der Waals surface area (Å²) in [4.78, 5) is 16.7. The fourth-order valence-corrected chi connectivity index (χ4v) is 4.16. The van der Waals surface area contributed by atoms with Crippen molar-refractivity contribution in [2.45, 2.75) is 38.0 Å². The van der Waals surface area contributed by atoms with Crippen molar-refractivity contribution in [3.63, 3.8) is 0 Å². The van der Waals surface area contributed by atoms with Crippen LogP contribution in [0.1, 0.15) is 49.2 Å². The summed E-state index contributed by atoms with van der Waals surface area (Å²) in [5.74, 6) is 0.199. The van der Waals surface area contributed by atoms with E-state index in [0.717, 1.165) is 42.1 Å². The van der Waals surface area contributed by atoms with Gasteiger partial charge in [0.2, 0.25) is 0 Å². The van der Waals surface area contributed by atoms with E-state index in [2.05, 4.69) is 4.98 Å². The average Bonchev–Trinajstić information content (AvgIpc) is 3.29. The fourth-order valence-electron chi connectivity index (χ4n) is 4.16. The zero-order valence-corrected chi connectivity index (χ0v) is 16.4. The number of methoxy groups -OCH3 is 1. The molecule has 0 bridgehead atoms. The first-order chi connectivity index (χ1) is 14.2. The number of alkyl halides is 1. The molecule has 2 unspecified atom stereocenters. The number of nitrogens with zero attached hydrogens (tertiary/aromatic N) is 1. The lowest BCUT2D eigenvalue weighted by Crippen LogP contribution is -2.21. The van der Waals surface area contributed by atoms with Crippen molar-refractivity contribution in [1.29, 1.82) is 0 Å². The largest absolute Gasteiger partial charge is 0.469 e. The number of hydrogen-bond donors (Lipinski definition) is 0. The molecular weight excluding hydrogens is 369 g/mol. The summed E-state index contributed by atoms with van der Waals surface area (Å²) >= 11 is 0. The van der Waals surface area contributed by atoms with Crippen molar-refractivity contribution in [1.82, 2.24) is 4.98 Å². The van der Waals surface area contributed by atoms with Gasteiger partial charge in [-0.2, -0.15) is 4.39 Å². The molecule has 1 aliphatic carbocycles. The normalized spacial score (nSPS) is 16.5. The SMILES string of the molecule is COC(=O)C(c1ccc(OC(F)c2ccc3ccccc3n2)cc1)C1CCCC1. The smallest absolute Gasteiger partial charge is 0.313 e. The number of pyridine rings is 1. The number of ether oxygens (including phenoxy) is 2.